The molecule has 0 saturated carbocycles. The molecule has 100 valence electrons. The Labute approximate surface area is 118 Å². The van der Waals surface area contributed by atoms with Crippen LogP contribution in [0.1, 0.15) is 22.9 Å². The van der Waals surface area contributed by atoms with E-state index >= 15 is 0 Å². The van der Waals surface area contributed by atoms with Gasteiger partial charge in [-0.2, -0.15) is 0 Å². The smallest absolute Gasteiger partial charge is 0.0517 e. The maximum absolute atomic E-state index is 3.65. The van der Waals surface area contributed by atoms with Crippen molar-refractivity contribution in [1.29, 1.82) is 0 Å². The monoisotopic (exact) mass is 262 g/mol. The first-order chi connectivity index (χ1) is 9.92. The summed E-state index contributed by atoms with van der Waals surface area (Å²) < 4.78 is 0. The van der Waals surface area contributed by atoms with Crippen LogP contribution >= 0.6 is 0 Å². The van der Waals surface area contributed by atoms with Gasteiger partial charge in [0.15, 0.2) is 0 Å². The maximum atomic E-state index is 3.65. The van der Waals surface area contributed by atoms with E-state index in [9.17, 15) is 0 Å². The van der Waals surface area contributed by atoms with Crippen LogP contribution in [0.3, 0.4) is 0 Å². The minimum absolute atomic E-state index is 0.397. The second-order valence-corrected chi connectivity index (χ2v) is 5.51. The molecule has 0 aliphatic carbocycles. The lowest BCUT2D eigenvalue weighted by atomic mass is 9.95. The standard InChI is InChI=1S/C18H18N2/c1-2-6-13(7-3-1)12-17-18-15(10-11-19-17)14-8-4-5-9-16(14)20-18/h1-9,17,19-20H,10-12H2/t17-/m1/s1. The third kappa shape index (κ3) is 1.93. The van der Waals surface area contributed by atoms with Crippen LogP contribution in [0.4, 0.5) is 0 Å². The van der Waals surface area contributed by atoms with Crippen molar-refractivity contribution in [2.75, 3.05) is 6.54 Å². The quantitative estimate of drug-likeness (QED) is 0.725. The molecular weight excluding hydrogens is 244 g/mol. The molecule has 0 fully saturated rings. The summed E-state index contributed by atoms with van der Waals surface area (Å²) in [5, 5.41) is 5.04. The third-order valence-corrected chi connectivity index (χ3v) is 4.24. The number of para-hydroxylation sites is 1. The van der Waals surface area contributed by atoms with E-state index in [2.05, 4.69) is 64.9 Å². The summed E-state index contributed by atoms with van der Waals surface area (Å²) in [5.41, 5.74) is 5.53. The number of hydrogen-bond acceptors (Lipinski definition) is 1. The van der Waals surface area contributed by atoms with Gasteiger partial charge in [0.25, 0.3) is 0 Å². The molecule has 0 bridgehead atoms. The molecule has 0 amide bonds. The van der Waals surface area contributed by atoms with Gasteiger partial charge in [0.05, 0.1) is 6.04 Å². The molecule has 2 heteroatoms. The Morgan fingerprint density at radius 1 is 0.950 bits per heavy atom. The Bertz CT molecular complexity index is 728. The lowest BCUT2D eigenvalue weighted by Gasteiger charge is -2.24. The summed E-state index contributed by atoms with van der Waals surface area (Å²) in [6.45, 7) is 1.06. The molecule has 2 aromatic carbocycles. The average molecular weight is 262 g/mol. The normalized spacial score (nSPS) is 18.1. The summed E-state index contributed by atoms with van der Waals surface area (Å²) in [6.07, 6.45) is 2.16. The zero-order chi connectivity index (χ0) is 13.4. The van der Waals surface area contributed by atoms with Crippen LogP contribution < -0.4 is 5.32 Å². The molecular formula is C18H18N2. The summed E-state index contributed by atoms with van der Waals surface area (Å²) in [6, 6.07) is 19.8. The molecule has 4 rings (SSSR count). The summed E-state index contributed by atoms with van der Waals surface area (Å²) in [4.78, 5) is 3.62. The number of rotatable bonds is 2. The van der Waals surface area contributed by atoms with Gasteiger partial charge >= 0.3 is 0 Å². The first-order valence-corrected chi connectivity index (χ1v) is 7.28. The van der Waals surface area contributed by atoms with E-state index in [0.717, 1.165) is 19.4 Å². The molecule has 20 heavy (non-hydrogen) atoms. The van der Waals surface area contributed by atoms with Crippen molar-refractivity contribution in [1.82, 2.24) is 10.3 Å². The van der Waals surface area contributed by atoms with Gasteiger partial charge in [0.2, 0.25) is 0 Å². The first-order valence-electron chi connectivity index (χ1n) is 7.28. The number of fused-ring (bicyclic) bond motifs is 3. The average Bonchev–Trinajstić information content (AvgIpc) is 2.88. The highest BCUT2D eigenvalue weighted by Crippen LogP contribution is 2.31. The van der Waals surface area contributed by atoms with Gasteiger partial charge in [-0.05, 0) is 36.6 Å². The molecule has 0 saturated heterocycles. The Morgan fingerprint density at radius 2 is 1.75 bits per heavy atom. The van der Waals surface area contributed by atoms with Crippen molar-refractivity contribution in [3.63, 3.8) is 0 Å². The van der Waals surface area contributed by atoms with Crippen LogP contribution in [0.2, 0.25) is 0 Å². The second-order valence-electron chi connectivity index (χ2n) is 5.51. The fourth-order valence-electron chi connectivity index (χ4n) is 3.29. The number of H-pyrrole nitrogens is 1. The molecule has 3 aromatic rings. The Hall–Kier alpha value is -2.06. The van der Waals surface area contributed by atoms with Gasteiger partial charge in [0.1, 0.15) is 0 Å². The minimum Gasteiger partial charge on any atom is -0.357 e. The SMILES string of the molecule is c1ccc(C[C@H]2NCCc3c2[nH]c2ccccc32)cc1. The molecule has 0 unspecified atom stereocenters. The van der Waals surface area contributed by atoms with Gasteiger partial charge < -0.3 is 10.3 Å². The van der Waals surface area contributed by atoms with Gasteiger partial charge in [-0.1, -0.05) is 48.5 Å². The van der Waals surface area contributed by atoms with Crippen molar-refractivity contribution in [3.05, 3.63) is 71.4 Å². The fourth-order valence-corrected chi connectivity index (χ4v) is 3.29. The van der Waals surface area contributed by atoms with E-state index in [1.807, 2.05) is 0 Å². The van der Waals surface area contributed by atoms with Crippen molar-refractivity contribution in [2.24, 2.45) is 0 Å². The zero-order valence-electron chi connectivity index (χ0n) is 11.4. The van der Waals surface area contributed by atoms with Crippen LogP contribution in [0, 0.1) is 0 Å². The van der Waals surface area contributed by atoms with Crippen molar-refractivity contribution < 1.29 is 0 Å². The van der Waals surface area contributed by atoms with E-state index in [4.69, 9.17) is 0 Å². The molecule has 2 nitrogen and oxygen atoms in total. The topological polar surface area (TPSA) is 27.8 Å². The Kier molecular flexibility index (Phi) is 2.82. The van der Waals surface area contributed by atoms with Crippen LogP contribution in [0.15, 0.2) is 54.6 Å². The van der Waals surface area contributed by atoms with Crippen molar-refractivity contribution in [3.8, 4) is 0 Å². The predicted octanol–water partition coefficient (Wildman–Crippen LogP) is 3.60. The number of nitrogens with one attached hydrogen (secondary N) is 2. The molecule has 1 atom stereocenters. The summed E-state index contributed by atoms with van der Waals surface area (Å²) in [5.74, 6) is 0. The van der Waals surface area contributed by atoms with Crippen LogP contribution in [0.25, 0.3) is 10.9 Å². The van der Waals surface area contributed by atoms with Gasteiger partial charge in [-0.3, -0.25) is 0 Å². The van der Waals surface area contributed by atoms with Crippen molar-refractivity contribution in [2.45, 2.75) is 18.9 Å². The molecule has 1 aromatic heterocycles. The van der Waals surface area contributed by atoms with Crippen LogP contribution in [-0.2, 0) is 12.8 Å². The molecule has 0 radical (unpaired) electrons. The fraction of sp³-hybridized carbons (Fsp3) is 0.222. The Morgan fingerprint density at radius 3 is 2.65 bits per heavy atom. The molecule has 2 heterocycles. The number of aromatic amines is 1. The number of benzene rings is 2. The van der Waals surface area contributed by atoms with Gasteiger partial charge in [-0.25, -0.2) is 0 Å². The van der Waals surface area contributed by atoms with E-state index in [-0.39, 0.29) is 0 Å². The first kappa shape index (κ1) is 11.7. The molecule has 1 aliphatic rings. The molecule has 2 N–H and O–H groups in total. The highest BCUT2D eigenvalue weighted by molar-refractivity contribution is 5.85. The summed E-state index contributed by atoms with van der Waals surface area (Å²) >= 11 is 0. The third-order valence-electron chi connectivity index (χ3n) is 4.24. The maximum Gasteiger partial charge on any atom is 0.0517 e. The lowest BCUT2D eigenvalue weighted by Crippen LogP contribution is -2.31. The van der Waals surface area contributed by atoms with E-state index in [1.165, 1.54) is 27.7 Å². The lowest BCUT2D eigenvalue weighted by molar-refractivity contribution is 0.495. The van der Waals surface area contributed by atoms with E-state index in [0.29, 0.717) is 6.04 Å². The van der Waals surface area contributed by atoms with Crippen LogP contribution in [-0.4, -0.2) is 11.5 Å². The number of hydrogen-bond donors (Lipinski definition) is 2. The zero-order valence-corrected chi connectivity index (χ0v) is 11.4. The van der Waals surface area contributed by atoms with Gasteiger partial charge in [0, 0.05) is 16.6 Å². The van der Waals surface area contributed by atoms with E-state index < -0.39 is 0 Å². The number of aromatic nitrogens is 1. The summed E-state index contributed by atoms with van der Waals surface area (Å²) in [7, 11) is 0. The second kappa shape index (κ2) is 4.80. The van der Waals surface area contributed by atoms with Crippen LogP contribution in [0.5, 0.6) is 0 Å². The Balaban J connectivity index is 1.75. The predicted molar refractivity (Wildman–Crippen MR) is 82.9 cm³/mol. The minimum atomic E-state index is 0.397. The molecule has 1 aliphatic heterocycles. The highest BCUT2D eigenvalue weighted by atomic mass is 15.0. The highest BCUT2D eigenvalue weighted by Gasteiger charge is 2.23. The largest absolute Gasteiger partial charge is 0.357 e. The van der Waals surface area contributed by atoms with E-state index in [1.54, 1.807) is 0 Å². The van der Waals surface area contributed by atoms with Gasteiger partial charge in [-0.15, -0.1) is 0 Å². The van der Waals surface area contributed by atoms with Crippen molar-refractivity contribution >= 4 is 10.9 Å². The molecule has 0 spiro atoms.